The molecule has 1 atom stereocenters. The van der Waals surface area contributed by atoms with E-state index in [0.29, 0.717) is 11.6 Å². The van der Waals surface area contributed by atoms with Gasteiger partial charge in [-0.15, -0.1) is 0 Å². The Balaban J connectivity index is 2.83. The normalized spacial score (nSPS) is 12.3. The van der Waals surface area contributed by atoms with Crippen molar-refractivity contribution in [3.05, 3.63) is 27.7 Å². The number of hydrogen-bond acceptors (Lipinski definition) is 3. The Morgan fingerprint density at radius 2 is 2.17 bits per heavy atom. The number of esters is 1. The molecule has 0 bridgehead atoms. The molecular weight excluding hydrogens is 318 g/mol. The number of hydrogen-bond donors (Lipinski definition) is 1. The summed E-state index contributed by atoms with van der Waals surface area (Å²) in [5, 5.41) is 3.80. The molecule has 0 aliphatic carbocycles. The van der Waals surface area contributed by atoms with Gasteiger partial charge in [-0.1, -0.05) is 25.4 Å². The first-order chi connectivity index (χ1) is 8.45. The van der Waals surface area contributed by atoms with Gasteiger partial charge < -0.3 is 10.1 Å². The van der Waals surface area contributed by atoms with E-state index in [1.165, 1.54) is 0 Å². The molecule has 0 saturated carbocycles. The molecule has 0 fully saturated rings. The van der Waals surface area contributed by atoms with Crippen LogP contribution in [0.2, 0.25) is 5.02 Å². The lowest BCUT2D eigenvalue weighted by Gasteiger charge is -2.21. The van der Waals surface area contributed by atoms with Crippen LogP contribution in [0.3, 0.4) is 0 Å². The van der Waals surface area contributed by atoms with E-state index in [2.05, 4.69) is 21.2 Å². The van der Waals surface area contributed by atoms with Gasteiger partial charge in [0, 0.05) is 10.2 Å². The van der Waals surface area contributed by atoms with Crippen LogP contribution in [0.1, 0.15) is 20.8 Å². The van der Waals surface area contributed by atoms with Crippen LogP contribution in [0.15, 0.2) is 22.7 Å². The summed E-state index contributed by atoms with van der Waals surface area (Å²) >= 11 is 9.28. The van der Waals surface area contributed by atoms with Crippen LogP contribution in [0.25, 0.3) is 0 Å². The molecule has 0 heterocycles. The summed E-state index contributed by atoms with van der Waals surface area (Å²) in [6.07, 6.45) is 0. The third-order valence-corrected chi connectivity index (χ3v) is 3.66. The number of carbonyl (C=O) groups excluding carboxylic acids is 1. The molecule has 0 aliphatic heterocycles. The third kappa shape index (κ3) is 4.18. The van der Waals surface area contributed by atoms with E-state index in [4.69, 9.17) is 16.3 Å². The highest BCUT2D eigenvalue weighted by Gasteiger charge is 2.23. The topological polar surface area (TPSA) is 38.3 Å². The van der Waals surface area contributed by atoms with Gasteiger partial charge >= 0.3 is 5.97 Å². The van der Waals surface area contributed by atoms with Crippen molar-refractivity contribution in [2.75, 3.05) is 11.9 Å². The highest BCUT2D eigenvalue weighted by Crippen LogP contribution is 2.26. The minimum atomic E-state index is -0.363. The second-order valence-electron chi connectivity index (χ2n) is 4.25. The van der Waals surface area contributed by atoms with Crippen LogP contribution in [0, 0.1) is 5.92 Å². The van der Waals surface area contributed by atoms with Gasteiger partial charge in [0.05, 0.1) is 11.6 Å². The molecule has 1 N–H and O–H groups in total. The Labute approximate surface area is 121 Å². The van der Waals surface area contributed by atoms with E-state index in [1.807, 2.05) is 26.0 Å². The van der Waals surface area contributed by atoms with Crippen molar-refractivity contribution < 1.29 is 9.53 Å². The van der Waals surface area contributed by atoms with Crippen molar-refractivity contribution in [3.8, 4) is 0 Å². The highest BCUT2D eigenvalue weighted by atomic mass is 79.9. The zero-order valence-corrected chi connectivity index (χ0v) is 13.0. The van der Waals surface area contributed by atoms with E-state index >= 15 is 0 Å². The maximum absolute atomic E-state index is 11.8. The summed E-state index contributed by atoms with van der Waals surface area (Å²) in [5.41, 5.74) is 0.832. The van der Waals surface area contributed by atoms with Crippen molar-refractivity contribution in [3.63, 3.8) is 0 Å². The first-order valence-corrected chi connectivity index (χ1v) is 7.01. The fourth-order valence-corrected chi connectivity index (χ4v) is 1.99. The standard InChI is InChI=1S/C13H17BrClNO2/c1-4-18-13(17)12(8(2)3)16-9-5-6-11(15)10(14)7-9/h5-8,12,16H,4H2,1-3H3. The van der Waals surface area contributed by atoms with Crippen molar-refractivity contribution in [1.29, 1.82) is 0 Å². The van der Waals surface area contributed by atoms with Crippen LogP contribution in [0.4, 0.5) is 5.69 Å². The minimum absolute atomic E-state index is 0.138. The number of nitrogens with one attached hydrogen (secondary N) is 1. The zero-order valence-electron chi connectivity index (χ0n) is 10.7. The quantitative estimate of drug-likeness (QED) is 0.824. The lowest BCUT2D eigenvalue weighted by molar-refractivity contribution is -0.145. The number of carbonyl (C=O) groups is 1. The van der Waals surface area contributed by atoms with Crippen molar-refractivity contribution >= 4 is 39.2 Å². The summed E-state index contributed by atoms with van der Waals surface area (Å²) in [7, 11) is 0. The Kier molecular flexibility index (Phi) is 5.96. The lowest BCUT2D eigenvalue weighted by Crippen LogP contribution is -2.36. The monoisotopic (exact) mass is 333 g/mol. The minimum Gasteiger partial charge on any atom is -0.464 e. The Morgan fingerprint density at radius 1 is 1.50 bits per heavy atom. The molecule has 18 heavy (non-hydrogen) atoms. The molecule has 5 heteroatoms. The molecular formula is C13H17BrClNO2. The number of ether oxygens (including phenoxy) is 1. The first-order valence-electron chi connectivity index (χ1n) is 5.84. The number of anilines is 1. The summed E-state index contributed by atoms with van der Waals surface area (Å²) < 4.78 is 5.84. The molecule has 3 nitrogen and oxygen atoms in total. The molecule has 0 spiro atoms. The number of benzene rings is 1. The van der Waals surface area contributed by atoms with Gasteiger partial charge in [-0.05, 0) is 47.0 Å². The van der Waals surface area contributed by atoms with E-state index in [0.717, 1.165) is 10.2 Å². The highest BCUT2D eigenvalue weighted by molar-refractivity contribution is 9.10. The molecule has 0 aliphatic rings. The van der Waals surface area contributed by atoms with Crippen LogP contribution < -0.4 is 5.32 Å². The average Bonchev–Trinajstić information content (AvgIpc) is 2.30. The Bertz CT molecular complexity index is 423. The second-order valence-corrected chi connectivity index (χ2v) is 5.51. The predicted octanol–water partition coefficient (Wildman–Crippen LogP) is 4.10. The van der Waals surface area contributed by atoms with Gasteiger partial charge in [-0.3, -0.25) is 0 Å². The smallest absolute Gasteiger partial charge is 0.328 e. The summed E-state index contributed by atoms with van der Waals surface area (Å²) in [6.45, 7) is 6.13. The van der Waals surface area contributed by atoms with Crippen LogP contribution in [0.5, 0.6) is 0 Å². The molecule has 1 aromatic carbocycles. The summed E-state index contributed by atoms with van der Waals surface area (Å²) in [6, 6.07) is 5.09. The van der Waals surface area contributed by atoms with Crippen LogP contribution in [-0.2, 0) is 9.53 Å². The average molecular weight is 335 g/mol. The molecule has 1 rings (SSSR count). The summed E-state index contributed by atoms with van der Waals surface area (Å²) in [4.78, 5) is 11.8. The van der Waals surface area contributed by atoms with Crippen molar-refractivity contribution in [1.82, 2.24) is 0 Å². The SMILES string of the molecule is CCOC(=O)C(Nc1ccc(Cl)c(Br)c1)C(C)C. The van der Waals surface area contributed by atoms with E-state index in [-0.39, 0.29) is 17.9 Å². The molecule has 0 radical (unpaired) electrons. The van der Waals surface area contributed by atoms with Gasteiger partial charge in [0.15, 0.2) is 0 Å². The van der Waals surface area contributed by atoms with E-state index in [9.17, 15) is 4.79 Å². The maximum Gasteiger partial charge on any atom is 0.328 e. The molecule has 0 amide bonds. The van der Waals surface area contributed by atoms with E-state index < -0.39 is 0 Å². The molecule has 1 unspecified atom stereocenters. The van der Waals surface area contributed by atoms with Crippen LogP contribution >= 0.6 is 27.5 Å². The van der Waals surface area contributed by atoms with E-state index in [1.54, 1.807) is 13.0 Å². The zero-order chi connectivity index (χ0) is 13.7. The van der Waals surface area contributed by atoms with Crippen molar-refractivity contribution in [2.24, 2.45) is 5.92 Å². The van der Waals surface area contributed by atoms with Crippen molar-refractivity contribution in [2.45, 2.75) is 26.8 Å². The largest absolute Gasteiger partial charge is 0.464 e. The fraction of sp³-hybridized carbons (Fsp3) is 0.462. The number of halogens is 2. The van der Waals surface area contributed by atoms with Crippen LogP contribution in [-0.4, -0.2) is 18.6 Å². The van der Waals surface area contributed by atoms with Gasteiger partial charge in [0.25, 0.3) is 0 Å². The van der Waals surface area contributed by atoms with Gasteiger partial charge in [-0.25, -0.2) is 4.79 Å². The Hall–Kier alpha value is -0.740. The summed E-state index contributed by atoms with van der Waals surface area (Å²) in [5.74, 6) is -0.0999. The van der Waals surface area contributed by atoms with Gasteiger partial charge in [-0.2, -0.15) is 0 Å². The first kappa shape index (κ1) is 15.3. The molecule has 1 aromatic rings. The number of rotatable bonds is 5. The maximum atomic E-state index is 11.8. The molecule has 100 valence electrons. The van der Waals surface area contributed by atoms with Gasteiger partial charge in [0.1, 0.15) is 6.04 Å². The Morgan fingerprint density at radius 3 is 2.67 bits per heavy atom. The fourth-order valence-electron chi connectivity index (χ4n) is 1.50. The second kappa shape index (κ2) is 7.00. The third-order valence-electron chi connectivity index (χ3n) is 2.45. The predicted molar refractivity (Wildman–Crippen MR) is 78.0 cm³/mol. The molecule has 0 aromatic heterocycles. The molecule has 0 saturated heterocycles. The lowest BCUT2D eigenvalue weighted by atomic mass is 10.0. The van der Waals surface area contributed by atoms with Gasteiger partial charge in [0.2, 0.25) is 0 Å².